The van der Waals surface area contributed by atoms with Crippen molar-refractivity contribution in [3.8, 4) is 0 Å². The summed E-state index contributed by atoms with van der Waals surface area (Å²) in [5.41, 5.74) is 3.79. The van der Waals surface area contributed by atoms with Gasteiger partial charge in [0.25, 0.3) is 5.91 Å². The molecule has 4 nitrogen and oxygen atoms in total. The number of nitrogens with one attached hydrogen (secondary N) is 1. The van der Waals surface area contributed by atoms with Crippen LogP contribution in [0.25, 0.3) is 10.9 Å². The van der Waals surface area contributed by atoms with Crippen molar-refractivity contribution in [2.75, 3.05) is 5.32 Å². The van der Waals surface area contributed by atoms with Gasteiger partial charge in [-0.1, -0.05) is 23.2 Å². The van der Waals surface area contributed by atoms with E-state index in [-0.39, 0.29) is 16.8 Å². The molecule has 1 N–H and O–H groups in total. The Kier molecular flexibility index (Phi) is 4.20. The molecule has 0 aliphatic rings. The molecule has 3 aromatic rings. The highest BCUT2D eigenvalue weighted by atomic mass is 35.5. The second kappa shape index (κ2) is 6.14. The summed E-state index contributed by atoms with van der Waals surface area (Å²) in [7, 11) is 0. The van der Waals surface area contributed by atoms with Crippen LogP contribution in [0.15, 0.2) is 36.4 Å². The second-order valence-electron chi connectivity index (χ2n) is 5.26. The predicted octanol–water partition coefficient (Wildman–Crippen LogP) is 4.81. The van der Waals surface area contributed by atoms with Gasteiger partial charge in [0, 0.05) is 21.8 Å². The lowest BCUT2D eigenvalue weighted by Crippen LogP contribution is -2.13. The third-order valence-corrected chi connectivity index (χ3v) is 3.80. The highest BCUT2D eigenvalue weighted by Gasteiger charge is 2.11. The van der Waals surface area contributed by atoms with Gasteiger partial charge >= 0.3 is 0 Å². The topological polar surface area (TPSA) is 54.9 Å². The number of aryl methyl sites for hydroxylation is 2. The fourth-order valence-corrected chi connectivity index (χ4v) is 2.89. The first-order valence-corrected chi connectivity index (χ1v) is 7.70. The van der Waals surface area contributed by atoms with Crippen molar-refractivity contribution in [3.63, 3.8) is 0 Å². The molecule has 0 fully saturated rings. The number of carbonyl (C=O) groups excluding carboxylic acids is 1. The number of fused-ring (bicyclic) bond motifs is 1. The SMILES string of the molecule is Cc1cc(C)c2cc(NC(=O)c3cc(Cl)cc(Cl)n3)ccc2n1. The number of anilines is 1. The Labute approximate surface area is 143 Å². The molecule has 6 heteroatoms. The van der Waals surface area contributed by atoms with E-state index in [9.17, 15) is 4.79 Å². The zero-order valence-electron chi connectivity index (χ0n) is 12.5. The van der Waals surface area contributed by atoms with E-state index in [0.29, 0.717) is 10.7 Å². The maximum atomic E-state index is 12.3. The number of carbonyl (C=O) groups is 1. The molecule has 2 aromatic heterocycles. The zero-order chi connectivity index (χ0) is 16.6. The quantitative estimate of drug-likeness (QED) is 0.678. The summed E-state index contributed by atoms with van der Waals surface area (Å²) in [5, 5.41) is 4.33. The summed E-state index contributed by atoms with van der Waals surface area (Å²) < 4.78 is 0. The van der Waals surface area contributed by atoms with Gasteiger partial charge in [0.1, 0.15) is 10.8 Å². The van der Waals surface area contributed by atoms with Gasteiger partial charge in [0.2, 0.25) is 0 Å². The molecule has 3 rings (SSSR count). The molecule has 0 atom stereocenters. The summed E-state index contributed by atoms with van der Waals surface area (Å²) in [4.78, 5) is 20.7. The Bertz CT molecular complexity index is 905. The van der Waals surface area contributed by atoms with Crippen LogP contribution in [0.2, 0.25) is 10.2 Å². The van der Waals surface area contributed by atoms with Crippen LogP contribution >= 0.6 is 23.2 Å². The van der Waals surface area contributed by atoms with Crippen molar-refractivity contribution in [1.82, 2.24) is 9.97 Å². The molecule has 0 radical (unpaired) electrons. The molecule has 0 aliphatic heterocycles. The minimum atomic E-state index is -0.369. The van der Waals surface area contributed by atoms with Crippen molar-refractivity contribution in [1.29, 1.82) is 0 Å². The predicted molar refractivity (Wildman–Crippen MR) is 93.4 cm³/mol. The number of pyridine rings is 2. The second-order valence-corrected chi connectivity index (χ2v) is 6.08. The van der Waals surface area contributed by atoms with Crippen LogP contribution in [-0.2, 0) is 0 Å². The summed E-state index contributed by atoms with van der Waals surface area (Å²) in [5.74, 6) is -0.369. The van der Waals surface area contributed by atoms with Gasteiger partial charge in [-0.2, -0.15) is 0 Å². The van der Waals surface area contributed by atoms with Crippen LogP contribution in [-0.4, -0.2) is 15.9 Å². The molecular weight excluding hydrogens is 333 g/mol. The lowest BCUT2D eigenvalue weighted by atomic mass is 10.1. The Hall–Kier alpha value is -2.17. The summed E-state index contributed by atoms with van der Waals surface area (Å²) in [6, 6.07) is 10.5. The van der Waals surface area contributed by atoms with Crippen LogP contribution in [0.5, 0.6) is 0 Å². The zero-order valence-corrected chi connectivity index (χ0v) is 14.0. The number of aromatic nitrogens is 2. The molecule has 0 saturated heterocycles. The van der Waals surface area contributed by atoms with Crippen molar-refractivity contribution in [3.05, 3.63) is 63.5 Å². The number of rotatable bonds is 2. The molecule has 0 saturated carbocycles. The van der Waals surface area contributed by atoms with Crippen LogP contribution in [0.4, 0.5) is 5.69 Å². The number of amides is 1. The molecule has 116 valence electrons. The van der Waals surface area contributed by atoms with E-state index >= 15 is 0 Å². The minimum absolute atomic E-state index is 0.168. The number of hydrogen-bond donors (Lipinski definition) is 1. The molecule has 0 aliphatic carbocycles. The molecule has 0 unspecified atom stereocenters. The Morgan fingerprint density at radius 3 is 2.57 bits per heavy atom. The van der Waals surface area contributed by atoms with Gasteiger partial charge in [0.05, 0.1) is 5.52 Å². The summed E-state index contributed by atoms with van der Waals surface area (Å²) >= 11 is 11.7. The van der Waals surface area contributed by atoms with Gasteiger partial charge in [-0.3, -0.25) is 9.78 Å². The van der Waals surface area contributed by atoms with Crippen molar-refractivity contribution < 1.29 is 4.79 Å². The van der Waals surface area contributed by atoms with E-state index in [1.807, 2.05) is 32.0 Å². The lowest BCUT2D eigenvalue weighted by Gasteiger charge is -2.08. The van der Waals surface area contributed by atoms with Gasteiger partial charge in [0.15, 0.2) is 0 Å². The van der Waals surface area contributed by atoms with E-state index in [1.54, 1.807) is 6.07 Å². The molecule has 0 bridgehead atoms. The number of benzene rings is 1. The molecule has 23 heavy (non-hydrogen) atoms. The minimum Gasteiger partial charge on any atom is -0.321 e. The average molecular weight is 346 g/mol. The van der Waals surface area contributed by atoms with Crippen molar-refractivity contribution in [2.24, 2.45) is 0 Å². The maximum absolute atomic E-state index is 12.3. The van der Waals surface area contributed by atoms with Crippen molar-refractivity contribution in [2.45, 2.75) is 13.8 Å². The summed E-state index contributed by atoms with van der Waals surface area (Å²) in [6.45, 7) is 3.97. The first-order chi connectivity index (χ1) is 10.9. The van der Waals surface area contributed by atoms with Gasteiger partial charge in [-0.25, -0.2) is 4.98 Å². The summed E-state index contributed by atoms with van der Waals surface area (Å²) in [6.07, 6.45) is 0. The first-order valence-electron chi connectivity index (χ1n) is 6.95. The molecule has 0 spiro atoms. The van der Waals surface area contributed by atoms with E-state index in [0.717, 1.165) is 22.2 Å². The van der Waals surface area contributed by atoms with Crippen LogP contribution in [0, 0.1) is 13.8 Å². The van der Waals surface area contributed by atoms with E-state index in [1.165, 1.54) is 12.1 Å². The third kappa shape index (κ3) is 3.44. The Balaban J connectivity index is 1.93. The molecule has 1 aromatic carbocycles. The number of halogens is 2. The highest BCUT2D eigenvalue weighted by Crippen LogP contribution is 2.23. The van der Waals surface area contributed by atoms with Crippen LogP contribution in [0.3, 0.4) is 0 Å². The van der Waals surface area contributed by atoms with Crippen LogP contribution in [0.1, 0.15) is 21.7 Å². The van der Waals surface area contributed by atoms with Crippen molar-refractivity contribution >= 4 is 45.7 Å². The lowest BCUT2D eigenvalue weighted by molar-refractivity contribution is 0.102. The standard InChI is InChI=1S/C17H13Cl2N3O/c1-9-5-10(2)20-14-4-3-12(8-13(9)14)21-17(23)15-6-11(18)7-16(19)22-15/h3-8H,1-2H3,(H,21,23). The smallest absolute Gasteiger partial charge is 0.274 e. The van der Waals surface area contributed by atoms with E-state index < -0.39 is 0 Å². The van der Waals surface area contributed by atoms with Crippen LogP contribution < -0.4 is 5.32 Å². The van der Waals surface area contributed by atoms with E-state index in [2.05, 4.69) is 15.3 Å². The Morgan fingerprint density at radius 2 is 1.83 bits per heavy atom. The largest absolute Gasteiger partial charge is 0.321 e. The maximum Gasteiger partial charge on any atom is 0.274 e. The van der Waals surface area contributed by atoms with Gasteiger partial charge in [-0.05, 0) is 55.8 Å². The number of nitrogens with zero attached hydrogens (tertiary/aromatic N) is 2. The third-order valence-electron chi connectivity index (χ3n) is 3.39. The fraction of sp³-hybridized carbons (Fsp3) is 0.118. The monoisotopic (exact) mass is 345 g/mol. The molecule has 2 heterocycles. The molecular formula is C17H13Cl2N3O. The Morgan fingerprint density at radius 1 is 1.04 bits per heavy atom. The fourth-order valence-electron chi connectivity index (χ4n) is 2.42. The number of hydrogen-bond acceptors (Lipinski definition) is 3. The van der Waals surface area contributed by atoms with E-state index in [4.69, 9.17) is 23.2 Å². The van der Waals surface area contributed by atoms with Gasteiger partial charge in [-0.15, -0.1) is 0 Å². The average Bonchev–Trinajstić information content (AvgIpc) is 2.46. The van der Waals surface area contributed by atoms with Gasteiger partial charge < -0.3 is 5.32 Å². The highest BCUT2D eigenvalue weighted by molar-refractivity contribution is 6.34. The first kappa shape index (κ1) is 15.7. The normalized spacial score (nSPS) is 10.8. The molecule has 1 amide bonds.